The minimum atomic E-state index is 0.195. The molecule has 0 aliphatic heterocycles. The van der Waals surface area contributed by atoms with Crippen LogP contribution in [0.4, 0.5) is 0 Å². The Morgan fingerprint density at radius 3 is 2.33 bits per heavy atom. The number of aliphatic hydroxyl groups excluding tert-OH is 1. The number of aliphatic hydroxyl groups is 1. The molecule has 0 saturated carbocycles. The predicted molar refractivity (Wildman–Crippen MR) is 81.4 cm³/mol. The lowest BCUT2D eigenvalue weighted by molar-refractivity contribution is 0.265. The number of thiophene rings is 1. The minimum absolute atomic E-state index is 0.195. The summed E-state index contributed by atoms with van der Waals surface area (Å²) in [5.74, 6) is 0.196. The van der Waals surface area contributed by atoms with Crippen LogP contribution in [-0.4, -0.2) is 11.7 Å². The molecule has 1 atom stereocenters. The van der Waals surface area contributed by atoms with Crippen molar-refractivity contribution in [2.24, 2.45) is 0 Å². The zero-order valence-electron chi connectivity index (χ0n) is 10.4. The molecular weight excluding hydrogens is 308 g/mol. The van der Waals surface area contributed by atoms with E-state index in [-0.39, 0.29) is 12.5 Å². The number of hydrogen-bond donors (Lipinski definition) is 1. The summed E-state index contributed by atoms with van der Waals surface area (Å²) in [6, 6.07) is 12.6. The molecular formula is C15H17BrOS. The Bertz CT molecular complexity index is 489. The molecule has 1 nitrogen and oxygen atoms in total. The molecule has 0 aliphatic rings. The van der Waals surface area contributed by atoms with Crippen LogP contribution in [0, 0.1) is 0 Å². The summed E-state index contributed by atoms with van der Waals surface area (Å²) in [6.45, 7) is 2.37. The van der Waals surface area contributed by atoms with Crippen LogP contribution < -0.4 is 0 Å². The SMILES string of the molecule is CCc1ccc(CC(CO)c2ccc(Br)cc2)s1. The highest BCUT2D eigenvalue weighted by Gasteiger charge is 2.12. The fourth-order valence-electron chi connectivity index (χ4n) is 1.99. The smallest absolute Gasteiger partial charge is 0.0503 e. The van der Waals surface area contributed by atoms with Gasteiger partial charge in [-0.25, -0.2) is 0 Å². The van der Waals surface area contributed by atoms with Crippen molar-refractivity contribution in [2.45, 2.75) is 25.7 Å². The van der Waals surface area contributed by atoms with Gasteiger partial charge in [-0.1, -0.05) is 35.0 Å². The summed E-state index contributed by atoms with van der Waals surface area (Å²) >= 11 is 5.29. The van der Waals surface area contributed by atoms with Gasteiger partial charge in [0.2, 0.25) is 0 Å². The highest BCUT2D eigenvalue weighted by Crippen LogP contribution is 2.26. The van der Waals surface area contributed by atoms with Crippen molar-refractivity contribution in [1.29, 1.82) is 0 Å². The first-order valence-corrected chi connectivity index (χ1v) is 7.77. The first-order valence-electron chi connectivity index (χ1n) is 6.16. The van der Waals surface area contributed by atoms with E-state index >= 15 is 0 Å². The van der Waals surface area contributed by atoms with Crippen molar-refractivity contribution in [2.75, 3.05) is 6.61 Å². The van der Waals surface area contributed by atoms with Crippen molar-refractivity contribution >= 4 is 27.3 Å². The molecule has 0 bridgehead atoms. The lowest BCUT2D eigenvalue weighted by atomic mass is 9.96. The molecule has 1 aromatic carbocycles. The van der Waals surface area contributed by atoms with Gasteiger partial charge < -0.3 is 5.11 Å². The lowest BCUT2D eigenvalue weighted by Crippen LogP contribution is -2.06. The number of aryl methyl sites for hydroxylation is 1. The topological polar surface area (TPSA) is 20.2 Å². The summed E-state index contributed by atoms with van der Waals surface area (Å²) in [4.78, 5) is 2.77. The van der Waals surface area contributed by atoms with Gasteiger partial charge >= 0.3 is 0 Å². The lowest BCUT2D eigenvalue weighted by Gasteiger charge is -2.13. The van der Waals surface area contributed by atoms with Gasteiger partial charge in [0.1, 0.15) is 0 Å². The van der Waals surface area contributed by atoms with Gasteiger partial charge in [-0.15, -0.1) is 11.3 Å². The third kappa shape index (κ3) is 3.44. The Balaban J connectivity index is 2.11. The molecule has 1 unspecified atom stereocenters. The quantitative estimate of drug-likeness (QED) is 0.864. The molecule has 1 N–H and O–H groups in total. The maximum Gasteiger partial charge on any atom is 0.0503 e. The molecule has 0 fully saturated rings. The fraction of sp³-hybridized carbons (Fsp3) is 0.333. The van der Waals surface area contributed by atoms with Crippen LogP contribution in [0.15, 0.2) is 40.9 Å². The highest BCUT2D eigenvalue weighted by molar-refractivity contribution is 9.10. The molecule has 0 radical (unpaired) electrons. The van der Waals surface area contributed by atoms with Crippen molar-refractivity contribution in [3.63, 3.8) is 0 Å². The Morgan fingerprint density at radius 1 is 1.11 bits per heavy atom. The maximum absolute atomic E-state index is 9.57. The van der Waals surface area contributed by atoms with Crippen LogP contribution in [0.25, 0.3) is 0 Å². The van der Waals surface area contributed by atoms with Gasteiger partial charge in [-0.05, 0) is 42.7 Å². The minimum Gasteiger partial charge on any atom is -0.396 e. The molecule has 0 amide bonds. The van der Waals surface area contributed by atoms with E-state index in [2.05, 4.69) is 47.1 Å². The van der Waals surface area contributed by atoms with Crippen molar-refractivity contribution in [3.05, 3.63) is 56.2 Å². The monoisotopic (exact) mass is 324 g/mol. The molecule has 3 heteroatoms. The fourth-order valence-corrected chi connectivity index (χ4v) is 3.29. The molecule has 2 aromatic rings. The first kappa shape index (κ1) is 13.8. The van der Waals surface area contributed by atoms with Crippen LogP contribution in [-0.2, 0) is 12.8 Å². The normalized spacial score (nSPS) is 12.6. The predicted octanol–water partition coefficient (Wildman–Crippen LogP) is 4.39. The third-order valence-electron chi connectivity index (χ3n) is 3.08. The number of halogens is 1. The molecule has 18 heavy (non-hydrogen) atoms. The molecule has 1 heterocycles. The largest absolute Gasteiger partial charge is 0.396 e. The second-order valence-corrected chi connectivity index (χ2v) is 6.53. The van der Waals surface area contributed by atoms with Crippen LogP contribution in [0.2, 0.25) is 0 Å². The maximum atomic E-state index is 9.57. The van der Waals surface area contributed by atoms with Crippen LogP contribution >= 0.6 is 27.3 Å². The van der Waals surface area contributed by atoms with E-state index in [0.717, 1.165) is 17.3 Å². The Morgan fingerprint density at radius 2 is 1.78 bits per heavy atom. The average Bonchev–Trinajstić information content (AvgIpc) is 2.85. The standard InChI is InChI=1S/C15H17BrOS/c1-2-14-7-8-15(18-14)9-12(10-17)11-3-5-13(16)6-4-11/h3-8,12,17H,2,9-10H2,1H3. The van der Waals surface area contributed by atoms with Gasteiger partial charge in [0.05, 0.1) is 6.61 Å². The summed E-state index contributed by atoms with van der Waals surface area (Å²) in [5.41, 5.74) is 1.20. The van der Waals surface area contributed by atoms with E-state index in [1.54, 1.807) is 0 Å². The van der Waals surface area contributed by atoms with Gasteiger partial charge in [-0.3, -0.25) is 0 Å². The van der Waals surface area contributed by atoms with Gasteiger partial charge in [-0.2, -0.15) is 0 Å². The van der Waals surface area contributed by atoms with E-state index < -0.39 is 0 Å². The Hall–Kier alpha value is -0.640. The summed E-state index contributed by atoms with van der Waals surface area (Å²) < 4.78 is 1.08. The Kier molecular flexibility index (Phi) is 4.98. The Labute approximate surface area is 121 Å². The van der Waals surface area contributed by atoms with E-state index in [4.69, 9.17) is 0 Å². The first-order chi connectivity index (χ1) is 8.72. The number of benzene rings is 1. The van der Waals surface area contributed by atoms with E-state index in [0.29, 0.717) is 0 Å². The number of rotatable bonds is 5. The van der Waals surface area contributed by atoms with Crippen LogP contribution in [0.5, 0.6) is 0 Å². The third-order valence-corrected chi connectivity index (χ3v) is 4.86. The zero-order valence-corrected chi connectivity index (χ0v) is 12.8. The average molecular weight is 325 g/mol. The molecule has 0 spiro atoms. The van der Waals surface area contributed by atoms with Crippen LogP contribution in [0.3, 0.4) is 0 Å². The molecule has 2 rings (SSSR count). The number of hydrogen-bond acceptors (Lipinski definition) is 2. The second kappa shape index (κ2) is 6.50. The van der Waals surface area contributed by atoms with E-state index in [1.165, 1.54) is 15.3 Å². The van der Waals surface area contributed by atoms with E-state index in [1.807, 2.05) is 23.5 Å². The van der Waals surface area contributed by atoms with E-state index in [9.17, 15) is 5.11 Å². The zero-order chi connectivity index (χ0) is 13.0. The van der Waals surface area contributed by atoms with Gasteiger partial charge in [0.25, 0.3) is 0 Å². The highest BCUT2D eigenvalue weighted by atomic mass is 79.9. The molecule has 1 aromatic heterocycles. The summed E-state index contributed by atoms with van der Waals surface area (Å²) in [5, 5.41) is 9.57. The van der Waals surface area contributed by atoms with Gasteiger partial charge in [0, 0.05) is 20.1 Å². The van der Waals surface area contributed by atoms with Crippen LogP contribution in [0.1, 0.15) is 28.2 Å². The van der Waals surface area contributed by atoms with Crippen molar-refractivity contribution in [3.8, 4) is 0 Å². The molecule has 0 saturated heterocycles. The van der Waals surface area contributed by atoms with Crippen molar-refractivity contribution < 1.29 is 5.11 Å². The molecule has 96 valence electrons. The molecule has 0 aliphatic carbocycles. The second-order valence-electron chi connectivity index (χ2n) is 4.36. The van der Waals surface area contributed by atoms with Crippen molar-refractivity contribution in [1.82, 2.24) is 0 Å². The summed E-state index contributed by atoms with van der Waals surface area (Å²) in [7, 11) is 0. The van der Waals surface area contributed by atoms with Gasteiger partial charge in [0.15, 0.2) is 0 Å². The summed E-state index contributed by atoms with van der Waals surface area (Å²) in [6.07, 6.45) is 2.01.